The molecule has 0 saturated carbocycles. The lowest BCUT2D eigenvalue weighted by molar-refractivity contribution is 0.0487. The molecule has 2 rings (SSSR count). The van der Waals surface area contributed by atoms with Gasteiger partial charge in [0.15, 0.2) is 5.96 Å². The number of hydrogen-bond donors (Lipinski definition) is 2. The number of morpholine rings is 1. The summed E-state index contributed by atoms with van der Waals surface area (Å²) >= 11 is 0. The van der Waals surface area contributed by atoms with Gasteiger partial charge in [0.2, 0.25) is 0 Å². The molecule has 7 heteroatoms. The fourth-order valence-corrected chi connectivity index (χ4v) is 2.86. The first-order valence-corrected chi connectivity index (χ1v) is 10.3. The van der Waals surface area contributed by atoms with Crippen molar-refractivity contribution in [2.24, 2.45) is 4.99 Å². The van der Waals surface area contributed by atoms with Crippen LogP contribution in [0.25, 0.3) is 0 Å². The molecule has 0 unspecified atom stereocenters. The van der Waals surface area contributed by atoms with E-state index in [0.717, 1.165) is 58.3 Å². The molecule has 1 aromatic carbocycles. The minimum absolute atomic E-state index is 0.631. The Morgan fingerprint density at radius 1 is 1.04 bits per heavy atom. The van der Waals surface area contributed by atoms with E-state index >= 15 is 0 Å². The quantitative estimate of drug-likeness (QED) is 0.322. The summed E-state index contributed by atoms with van der Waals surface area (Å²) in [5, 5.41) is 6.60. The molecule has 0 bridgehead atoms. The molecule has 1 aromatic rings. The molecule has 7 nitrogen and oxygen atoms in total. The Morgan fingerprint density at radius 2 is 1.75 bits per heavy atom. The van der Waals surface area contributed by atoms with E-state index in [0.29, 0.717) is 26.4 Å². The van der Waals surface area contributed by atoms with Gasteiger partial charge >= 0.3 is 0 Å². The van der Waals surface area contributed by atoms with Gasteiger partial charge in [-0.3, -0.25) is 4.99 Å². The van der Waals surface area contributed by atoms with Crippen molar-refractivity contribution in [3.8, 4) is 0 Å². The van der Waals surface area contributed by atoms with Crippen molar-refractivity contribution in [3.63, 3.8) is 0 Å². The molecule has 0 aliphatic carbocycles. The predicted octanol–water partition coefficient (Wildman–Crippen LogP) is 2.02. The molecule has 1 aliphatic heterocycles. The van der Waals surface area contributed by atoms with E-state index < -0.39 is 0 Å². The highest BCUT2D eigenvalue weighted by Gasteiger charge is 2.10. The summed E-state index contributed by atoms with van der Waals surface area (Å²) in [6.45, 7) is 9.88. The van der Waals surface area contributed by atoms with E-state index in [-0.39, 0.29) is 0 Å². The first-order chi connectivity index (χ1) is 13.8. The van der Waals surface area contributed by atoms with E-state index in [4.69, 9.17) is 14.2 Å². The van der Waals surface area contributed by atoms with Gasteiger partial charge in [-0.05, 0) is 24.1 Å². The van der Waals surface area contributed by atoms with Gasteiger partial charge in [-0.25, -0.2) is 0 Å². The first kappa shape index (κ1) is 22.5. The van der Waals surface area contributed by atoms with Gasteiger partial charge in [-0.15, -0.1) is 0 Å². The molecule has 1 saturated heterocycles. The van der Waals surface area contributed by atoms with E-state index in [1.807, 2.05) is 0 Å². The van der Waals surface area contributed by atoms with Crippen molar-refractivity contribution in [1.29, 1.82) is 0 Å². The monoisotopic (exact) mass is 392 g/mol. The lowest BCUT2D eigenvalue weighted by atomic mass is 10.2. The van der Waals surface area contributed by atoms with Crippen LogP contribution in [0.15, 0.2) is 29.3 Å². The van der Waals surface area contributed by atoms with Crippen LogP contribution >= 0.6 is 0 Å². The number of anilines is 1. The predicted molar refractivity (Wildman–Crippen MR) is 114 cm³/mol. The zero-order valence-corrected chi connectivity index (χ0v) is 17.4. The summed E-state index contributed by atoms with van der Waals surface area (Å²) in [4.78, 5) is 6.61. The number of ether oxygens (including phenoxy) is 3. The summed E-state index contributed by atoms with van der Waals surface area (Å²) in [6, 6.07) is 8.67. The summed E-state index contributed by atoms with van der Waals surface area (Å²) < 4.78 is 16.4. The number of nitrogens with one attached hydrogen (secondary N) is 2. The molecule has 0 aromatic heterocycles. The van der Waals surface area contributed by atoms with Gasteiger partial charge in [0.1, 0.15) is 0 Å². The lowest BCUT2D eigenvalue weighted by Gasteiger charge is -2.28. The van der Waals surface area contributed by atoms with Crippen LogP contribution in [-0.4, -0.2) is 72.3 Å². The summed E-state index contributed by atoms with van der Waals surface area (Å²) in [6.07, 6.45) is 2.27. The molecule has 0 spiro atoms. The van der Waals surface area contributed by atoms with Gasteiger partial charge < -0.3 is 29.7 Å². The van der Waals surface area contributed by atoms with E-state index in [2.05, 4.69) is 51.7 Å². The second-order valence-electron chi connectivity index (χ2n) is 6.70. The Labute approximate surface area is 169 Å². The van der Waals surface area contributed by atoms with Crippen LogP contribution in [0.1, 0.15) is 25.3 Å². The van der Waals surface area contributed by atoms with Gasteiger partial charge in [-0.1, -0.05) is 25.5 Å². The molecule has 1 fully saturated rings. The number of unbranched alkanes of at least 4 members (excludes halogenated alkanes) is 1. The molecule has 28 heavy (non-hydrogen) atoms. The maximum atomic E-state index is 5.56. The lowest BCUT2D eigenvalue weighted by Crippen LogP contribution is -2.38. The zero-order chi connectivity index (χ0) is 19.9. The first-order valence-electron chi connectivity index (χ1n) is 10.3. The van der Waals surface area contributed by atoms with Crippen molar-refractivity contribution in [2.45, 2.75) is 26.3 Å². The molecular weight excluding hydrogens is 356 g/mol. The molecule has 1 aliphatic rings. The van der Waals surface area contributed by atoms with E-state index in [9.17, 15) is 0 Å². The number of aliphatic imine (C=N–C) groups is 1. The number of benzene rings is 1. The van der Waals surface area contributed by atoms with Gasteiger partial charge in [0.05, 0.1) is 33.0 Å². The molecule has 2 N–H and O–H groups in total. The third-order valence-electron chi connectivity index (χ3n) is 4.55. The topological polar surface area (TPSA) is 67.4 Å². The smallest absolute Gasteiger partial charge is 0.191 e. The standard InChI is InChI=1S/C21H36N4O3/c1-3-4-12-26-16-17-27-13-9-23-21(22-2)24-18-19-5-7-20(8-6-19)25-10-14-28-15-11-25/h5-8H,3-4,9-18H2,1-2H3,(H2,22,23,24). The number of hydrogen-bond acceptors (Lipinski definition) is 5. The number of nitrogens with zero attached hydrogens (tertiary/aromatic N) is 2. The van der Waals surface area contributed by atoms with Crippen LogP contribution in [0.4, 0.5) is 5.69 Å². The van der Waals surface area contributed by atoms with Crippen molar-refractivity contribution in [2.75, 3.05) is 71.2 Å². The maximum Gasteiger partial charge on any atom is 0.191 e. The van der Waals surface area contributed by atoms with E-state index in [1.54, 1.807) is 7.05 Å². The fraction of sp³-hybridized carbons (Fsp3) is 0.667. The van der Waals surface area contributed by atoms with Crippen molar-refractivity contribution < 1.29 is 14.2 Å². The Morgan fingerprint density at radius 3 is 2.43 bits per heavy atom. The second-order valence-corrected chi connectivity index (χ2v) is 6.70. The van der Waals surface area contributed by atoms with Crippen molar-refractivity contribution in [1.82, 2.24) is 10.6 Å². The highest BCUT2D eigenvalue weighted by Crippen LogP contribution is 2.16. The van der Waals surface area contributed by atoms with Crippen LogP contribution in [0.2, 0.25) is 0 Å². The SMILES string of the molecule is CCCCOCCOCCNC(=NC)NCc1ccc(N2CCOCC2)cc1. The van der Waals surface area contributed by atoms with Gasteiger partial charge in [0, 0.05) is 45.5 Å². The fourth-order valence-electron chi connectivity index (χ4n) is 2.86. The average molecular weight is 393 g/mol. The highest BCUT2D eigenvalue weighted by molar-refractivity contribution is 5.79. The molecule has 0 atom stereocenters. The third-order valence-corrected chi connectivity index (χ3v) is 4.55. The van der Waals surface area contributed by atoms with Crippen LogP contribution in [0.3, 0.4) is 0 Å². The summed E-state index contributed by atoms with van der Waals surface area (Å²) in [5.41, 5.74) is 2.48. The number of guanidine groups is 1. The van der Waals surface area contributed by atoms with Gasteiger partial charge in [0.25, 0.3) is 0 Å². The van der Waals surface area contributed by atoms with Crippen molar-refractivity contribution in [3.05, 3.63) is 29.8 Å². The average Bonchev–Trinajstić information content (AvgIpc) is 2.75. The maximum absolute atomic E-state index is 5.56. The van der Waals surface area contributed by atoms with Crippen LogP contribution in [0, 0.1) is 0 Å². The van der Waals surface area contributed by atoms with E-state index in [1.165, 1.54) is 11.3 Å². The Hall–Kier alpha value is -1.83. The Balaban J connectivity index is 1.57. The third kappa shape index (κ3) is 8.91. The molecule has 0 amide bonds. The molecule has 0 radical (unpaired) electrons. The Bertz CT molecular complexity index is 545. The van der Waals surface area contributed by atoms with Crippen LogP contribution in [0.5, 0.6) is 0 Å². The minimum Gasteiger partial charge on any atom is -0.379 e. The van der Waals surface area contributed by atoms with Crippen LogP contribution < -0.4 is 15.5 Å². The highest BCUT2D eigenvalue weighted by atomic mass is 16.5. The van der Waals surface area contributed by atoms with Crippen LogP contribution in [-0.2, 0) is 20.8 Å². The largest absolute Gasteiger partial charge is 0.379 e. The van der Waals surface area contributed by atoms with Gasteiger partial charge in [-0.2, -0.15) is 0 Å². The molecule has 1 heterocycles. The second kappa shape index (κ2) is 14.2. The molecular formula is C21H36N4O3. The normalized spacial score (nSPS) is 14.9. The summed E-state index contributed by atoms with van der Waals surface area (Å²) in [7, 11) is 1.78. The number of rotatable bonds is 12. The summed E-state index contributed by atoms with van der Waals surface area (Å²) in [5.74, 6) is 0.778. The molecule has 158 valence electrons. The van der Waals surface area contributed by atoms with Crippen molar-refractivity contribution >= 4 is 11.6 Å². The zero-order valence-electron chi connectivity index (χ0n) is 17.4. The Kier molecular flexibility index (Phi) is 11.4. The minimum atomic E-state index is 0.631.